The Morgan fingerprint density at radius 1 is 1.17 bits per heavy atom. The minimum Gasteiger partial charge on any atom is -0.356 e. The van der Waals surface area contributed by atoms with E-state index in [-0.39, 0.29) is 11.8 Å². The third-order valence-corrected chi connectivity index (χ3v) is 4.40. The van der Waals surface area contributed by atoms with E-state index in [1.54, 1.807) is 24.0 Å². The normalized spacial score (nSPS) is 10.5. The van der Waals surface area contributed by atoms with Crippen LogP contribution in [0.15, 0.2) is 18.2 Å². The second kappa shape index (κ2) is 11.3. The maximum absolute atomic E-state index is 11.9. The molecule has 0 aliphatic rings. The van der Waals surface area contributed by atoms with Crippen LogP contribution in [0.25, 0.3) is 0 Å². The van der Waals surface area contributed by atoms with E-state index in [2.05, 4.69) is 12.2 Å². The summed E-state index contributed by atoms with van der Waals surface area (Å²) in [5.74, 6) is -0.0336. The van der Waals surface area contributed by atoms with Crippen molar-refractivity contribution in [1.29, 1.82) is 0 Å². The van der Waals surface area contributed by atoms with Crippen molar-refractivity contribution in [2.24, 2.45) is 0 Å². The monoisotopic (exact) mass is 372 g/mol. The number of hydrogen-bond donors (Lipinski definition) is 1. The Balaban J connectivity index is 2.30. The molecule has 2 amide bonds. The zero-order chi connectivity index (χ0) is 17.9. The smallest absolute Gasteiger partial charge is 0.221 e. The Labute approximate surface area is 154 Å². The highest BCUT2D eigenvalue weighted by atomic mass is 35.5. The van der Waals surface area contributed by atoms with E-state index in [0.29, 0.717) is 36.0 Å². The molecule has 0 heterocycles. The molecule has 0 bridgehead atoms. The van der Waals surface area contributed by atoms with Crippen LogP contribution in [-0.4, -0.2) is 36.3 Å². The molecule has 1 rings (SSSR count). The lowest BCUT2D eigenvalue weighted by molar-refractivity contribution is -0.129. The average Bonchev–Trinajstić information content (AvgIpc) is 2.52. The van der Waals surface area contributed by atoms with Gasteiger partial charge in [0.1, 0.15) is 0 Å². The quantitative estimate of drug-likeness (QED) is 0.629. The Hall–Kier alpha value is -1.26. The van der Waals surface area contributed by atoms with Crippen molar-refractivity contribution in [3.63, 3.8) is 0 Å². The van der Waals surface area contributed by atoms with E-state index in [9.17, 15) is 9.59 Å². The third-order valence-electron chi connectivity index (χ3n) is 3.82. The molecule has 0 saturated carbocycles. The molecule has 0 saturated heterocycles. The number of rotatable bonds is 10. The average molecular weight is 373 g/mol. The molecule has 24 heavy (non-hydrogen) atoms. The number of amides is 2. The number of halogens is 2. The van der Waals surface area contributed by atoms with Gasteiger partial charge in [0.25, 0.3) is 0 Å². The van der Waals surface area contributed by atoms with Crippen molar-refractivity contribution >= 4 is 35.0 Å². The van der Waals surface area contributed by atoms with Gasteiger partial charge in [0.15, 0.2) is 0 Å². The van der Waals surface area contributed by atoms with Crippen LogP contribution in [0, 0.1) is 0 Å². The summed E-state index contributed by atoms with van der Waals surface area (Å²) in [5, 5.41) is 4.07. The molecule has 0 aromatic heterocycles. The standard InChI is InChI=1S/C18H26Cl2N2O2/c1-3-4-5-11-22(14(2)23)12-9-18(24)21-10-8-15-6-7-16(19)13-17(15)20/h6-7,13H,3-5,8-12H2,1-2H3,(H,21,24). The lowest BCUT2D eigenvalue weighted by Crippen LogP contribution is -2.35. The Bertz CT molecular complexity index is 550. The number of benzene rings is 1. The second-order valence-electron chi connectivity index (χ2n) is 5.80. The van der Waals surface area contributed by atoms with Gasteiger partial charge in [0.2, 0.25) is 11.8 Å². The second-order valence-corrected chi connectivity index (χ2v) is 6.64. The molecule has 4 nitrogen and oxygen atoms in total. The molecule has 1 aromatic carbocycles. The van der Waals surface area contributed by atoms with Crippen LogP contribution in [0.2, 0.25) is 10.0 Å². The molecule has 0 radical (unpaired) electrons. The fourth-order valence-corrected chi connectivity index (χ4v) is 2.87. The largest absolute Gasteiger partial charge is 0.356 e. The zero-order valence-electron chi connectivity index (χ0n) is 14.4. The van der Waals surface area contributed by atoms with E-state index >= 15 is 0 Å². The maximum Gasteiger partial charge on any atom is 0.221 e. The lowest BCUT2D eigenvalue weighted by atomic mass is 10.1. The summed E-state index contributed by atoms with van der Waals surface area (Å²) in [6, 6.07) is 5.34. The van der Waals surface area contributed by atoms with Gasteiger partial charge in [-0.2, -0.15) is 0 Å². The molecule has 0 spiro atoms. The highest BCUT2D eigenvalue weighted by Gasteiger charge is 2.10. The van der Waals surface area contributed by atoms with Crippen molar-refractivity contribution in [3.05, 3.63) is 33.8 Å². The number of carbonyl (C=O) groups is 2. The number of unbranched alkanes of at least 4 members (excludes halogenated alkanes) is 2. The number of nitrogens with zero attached hydrogens (tertiary/aromatic N) is 1. The van der Waals surface area contributed by atoms with Gasteiger partial charge in [0, 0.05) is 43.0 Å². The molecule has 0 aliphatic carbocycles. The predicted octanol–water partition coefficient (Wildman–Crippen LogP) is 4.08. The molecule has 0 aliphatic heterocycles. The predicted molar refractivity (Wildman–Crippen MR) is 99.6 cm³/mol. The molecule has 0 unspecified atom stereocenters. The van der Waals surface area contributed by atoms with Crippen molar-refractivity contribution in [2.75, 3.05) is 19.6 Å². The van der Waals surface area contributed by atoms with Gasteiger partial charge in [0.05, 0.1) is 0 Å². The van der Waals surface area contributed by atoms with Crippen LogP contribution in [0.5, 0.6) is 0 Å². The fraction of sp³-hybridized carbons (Fsp3) is 0.556. The molecule has 0 fully saturated rings. The van der Waals surface area contributed by atoms with E-state index in [0.717, 1.165) is 31.4 Å². The van der Waals surface area contributed by atoms with Crippen molar-refractivity contribution < 1.29 is 9.59 Å². The van der Waals surface area contributed by atoms with Crippen LogP contribution in [0.4, 0.5) is 0 Å². The van der Waals surface area contributed by atoms with Gasteiger partial charge in [-0.15, -0.1) is 0 Å². The number of hydrogen-bond acceptors (Lipinski definition) is 2. The summed E-state index contributed by atoms with van der Waals surface area (Å²) < 4.78 is 0. The van der Waals surface area contributed by atoms with Crippen LogP contribution in [-0.2, 0) is 16.0 Å². The Morgan fingerprint density at radius 2 is 1.92 bits per heavy atom. The van der Waals surface area contributed by atoms with Crippen LogP contribution in [0.1, 0.15) is 45.1 Å². The summed E-state index contributed by atoms with van der Waals surface area (Å²) in [5.41, 5.74) is 0.950. The lowest BCUT2D eigenvalue weighted by Gasteiger charge is -2.20. The highest BCUT2D eigenvalue weighted by Crippen LogP contribution is 2.21. The van der Waals surface area contributed by atoms with Gasteiger partial charge in [-0.3, -0.25) is 9.59 Å². The van der Waals surface area contributed by atoms with E-state index in [1.165, 1.54) is 0 Å². The third kappa shape index (κ3) is 8.02. The maximum atomic E-state index is 11.9. The summed E-state index contributed by atoms with van der Waals surface area (Å²) >= 11 is 12.0. The topological polar surface area (TPSA) is 49.4 Å². The minimum absolute atomic E-state index is 0.0202. The van der Waals surface area contributed by atoms with E-state index in [4.69, 9.17) is 23.2 Å². The number of nitrogens with one attached hydrogen (secondary N) is 1. The van der Waals surface area contributed by atoms with Crippen molar-refractivity contribution in [3.8, 4) is 0 Å². The number of carbonyl (C=O) groups excluding carboxylic acids is 2. The van der Waals surface area contributed by atoms with E-state index < -0.39 is 0 Å². The molecule has 134 valence electrons. The summed E-state index contributed by atoms with van der Waals surface area (Å²) in [7, 11) is 0. The fourth-order valence-electron chi connectivity index (χ4n) is 2.37. The van der Waals surface area contributed by atoms with Crippen LogP contribution >= 0.6 is 23.2 Å². The Kier molecular flexibility index (Phi) is 9.80. The first-order chi connectivity index (χ1) is 11.4. The first-order valence-corrected chi connectivity index (χ1v) is 9.15. The van der Waals surface area contributed by atoms with Gasteiger partial charge in [-0.1, -0.05) is 49.0 Å². The van der Waals surface area contributed by atoms with E-state index in [1.807, 2.05) is 6.07 Å². The first-order valence-electron chi connectivity index (χ1n) is 8.40. The molecular weight excluding hydrogens is 347 g/mol. The SMILES string of the molecule is CCCCCN(CCC(=O)NCCc1ccc(Cl)cc1Cl)C(C)=O. The van der Waals surface area contributed by atoms with Crippen molar-refractivity contribution in [2.45, 2.75) is 46.0 Å². The molecule has 1 aromatic rings. The van der Waals surface area contributed by atoms with Crippen molar-refractivity contribution in [1.82, 2.24) is 10.2 Å². The van der Waals surface area contributed by atoms with Crippen LogP contribution < -0.4 is 5.32 Å². The summed E-state index contributed by atoms with van der Waals surface area (Å²) in [6.07, 6.45) is 4.15. The first kappa shape index (κ1) is 20.8. The molecule has 6 heteroatoms. The summed E-state index contributed by atoms with van der Waals surface area (Å²) in [4.78, 5) is 25.3. The van der Waals surface area contributed by atoms with Gasteiger partial charge in [-0.05, 0) is 30.5 Å². The highest BCUT2D eigenvalue weighted by molar-refractivity contribution is 6.35. The molecule has 0 atom stereocenters. The molecule has 1 N–H and O–H groups in total. The van der Waals surface area contributed by atoms with Gasteiger partial charge in [-0.25, -0.2) is 0 Å². The van der Waals surface area contributed by atoms with Gasteiger partial charge >= 0.3 is 0 Å². The van der Waals surface area contributed by atoms with Gasteiger partial charge < -0.3 is 10.2 Å². The Morgan fingerprint density at radius 3 is 2.54 bits per heavy atom. The zero-order valence-corrected chi connectivity index (χ0v) is 15.9. The van der Waals surface area contributed by atoms with Crippen LogP contribution in [0.3, 0.4) is 0 Å². The molecular formula is C18H26Cl2N2O2. The summed E-state index contributed by atoms with van der Waals surface area (Å²) in [6.45, 7) is 5.37. The minimum atomic E-state index is -0.0539.